The summed E-state index contributed by atoms with van der Waals surface area (Å²) in [6.45, 7) is 4.44. The highest BCUT2D eigenvalue weighted by atomic mass is 19.1. The second-order valence-corrected chi connectivity index (χ2v) is 5.72. The molecule has 1 fully saturated rings. The minimum absolute atomic E-state index is 0.0435. The molecule has 2 heterocycles. The van der Waals surface area contributed by atoms with Crippen LogP contribution in [-0.4, -0.2) is 55.3 Å². The number of hydrogen-bond acceptors (Lipinski definition) is 5. The molecule has 138 valence electrons. The van der Waals surface area contributed by atoms with E-state index < -0.39 is 5.82 Å². The van der Waals surface area contributed by atoms with E-state index in [1.807, 2.05) is 0 Å². The predicted octanol–water partition coefficient (Wildman–Crippen LogP) is 2.47. The predicted molar refractivity (Wildman–Crippen MR) is 95.0 cm³/mol. The zero-order valence-corrected chi connectivity index (χ0v) is 14.3. The zero-order valence-electron chi connectivity index (χ0n) is 14.3. The zero-order chi connectivity index (χ0) is 18.2. The minimum Gasteiger partial charge on any atom is -0.434 e. The maximum Gasteiger partial charge on any atom is 0.319 e. The number of amides is 2. The number of carbonyl (C=O) groups is 1. The number of hydrogen-bond donors (Lipinski definition) is 2. The van der Waals surface area contributed by atoms with Crippen LogP contribution in [0.15, 0.2) is 42.6 Å². The van der Waals surface area contributed by atoms with Gasteiger partial charge >= 0.3 is 6.03 Å². The maximum absolute atomic E-state index is 13.7. The van der Waals surface area contributed by atoms with E-state index in [4.69, 9.17) is 9.47 Å². The van der Waals surface area contributed by atoms with Crippen LogP contribution in [0.5, 0.6) is 11.6 Å². The topological polar surface area (TPSA) is 75.7 Å². The van der Waals surface area contributed by atoms with E-state index in [1.165, 1.54) is 18.3 Å². The highest BCUT2D eigenvalue weighted by Gasteiger charge is 2.13. The van der Waals surface area contributed by atoms with Crippen LogP contribution in [-0.2, 0) is 4.74 Å². The van der Waals surface area contributed by atoms with Crippen LogP contribution in [0, 0.1) is 5.82 Å². The number of carbonyl (C=O) groups excluding carboxylic acids is 1. The summed E-state index contributed by atoms with van der Waals surface area (Å²) in [5, 5.41) is 5.48. The van der Waals surface area contributed by atoms with Crippen LogP contribution >= 0.6 is 0 Å². The van der Waals surface area contributed by atoms with Gasteiger partial charge in [-0.1, -0.05) is 12.1 Å². The lowest BCUT2D eigenvalue weighted by molar-refractivity contribution is 0.0388. The van der Waals surface area contributed by atoms with Crippen molar-refractivity contribution in [3.63, 3.8) is 0 Å². The summed E-state index contributed by atoms with van der Waals surface area (Å²) < 4.78 is 24.5. The average molecular weight is 360 g/mol. The van der Waals surface area contributed by atoms with Crippen molar-refractivity contribution in [2.75, 3.05) is 44.7 Å². The molecule has 26 heavy (non-hydrogen) atoms. The number of benzene rings is 1. The molecule has 1 aromatic heterocycles. The van der Waals surface area contributed by atoms with Crippen molar-refractivity contribution in [2.45, 2.75) is 0 Å². The van der Waals surface area contributed by atoms with Gasteiger partial charge in [-0.05, 0) is 24.3 Å². The van der Waals surface area contributed by atoms with Crippen molar-refractivity contribution < 1.29 is 18.7 Å². The van der Waals surface area contributed by atoms with Crippen LogP contribution in [0.3, 0.4) is 0 Å². The van der Waals surface area contributed by atoms with Crippen molar-refractivity contribution >= 4 is 11.7 Å². The first kappa shape index (κ1) is 18.1. The molecule has 2 aromatic rings. The Morgan fingerprint density at radius 2 is 2.04 bits per heavy atom. The van der Waals surface area contributed by atoms with Crippen molar-refractivity contribution in [3.8, 4) is 11.6 Å². The fourth-order valence-corrected chi connectivity index (χ4v) is 2.52. The second kappa shape index (κ2) is 9.12. The third-order valence-corrected chi connectivity index (χ3v) is 3.88. The van der Waals surface area contributed by atoms with Gasteiger partial charge in [0.05, 0.1) is 13.2 Å². The Kier molecular flexibility index (Phi) is 6.34. The number of pyridine rings is 1. The van der Waals surface area contributed by atoms with Crippen molar-refractivity contribution in [1.82, 2.24) is 15.2 Å². The maximum atomic E-state index is 13.7. The monoisotopic (exact) mass is 360 g/mol. The van der Waals surface area contributed by atoms with Crippen molar-refractivity contribution in [3.05, 3.63) is 48.4 Å². The number of halogens is 1. The fourth-order valence-electron chi connectivity index (χ4n) is 2.52. The third kappa shape index (κ3) is 5.14. The quantitative estimate of drug-likeness (QED) is 0.828. The summed E-state index contributed by atoms with van der Waals surface area (Å²) in [6.07, 6.45) is 1.51. The molecule has 0 atom stereocenters. The molecule has 0 aliphatic carbocycles. The highest BCUT2D eigenvalue weighted by Crippen LogP contribution is 2.28. The second-order valence-electron chi connectivity index (χ2n) is 5.72. The van der Waals surface area contributed by atoms with Gasteiger partial charge in [0, 0.05) is 32.4 Å². The standard InChI is InChI=1S/C18H21FN4O3/c19-14-4-1-2-6-16(14)26-17-15(5-3-7-20-17)22-18(24)21-8-9-23-10-12-25-13-11-23/h1-7H,8-13H2,(H2,21,22,24). The molecule has 7 nitrogen and oxygen atoms in total. The molecule has 1 aliphatic rings. The Morgan fingerprint density at radius 1 is 1.23 bits per heavy atom. The van der Waals surface area contributed by atoms with Crippen molar-refractivity contribution in [1.29, 1.82) is 0 Å². The molecule has 0 saturated carbocycles. The van der Waals surface area contributed by atoms with E-state index in [9.17, 15) is 9.18 Å². The van der Waals surface area contributed by atoms with E-state index in [1.54, 1.807) is 24.3 Å². The first-order valence-corrected chi connectivity index (χ1v) is 8.45. The Morgan fingerprint density at radius 3 is 2.85 bits per heavy atom. The number of para-hydroxylation sites is 1. The number of urea groups is 1. The van der Waals surface area contributed by atoms with Crippen molar-refractivity contribution in [2.24, 2.45) is 0 Å². The highest BCUT2D eigenvalue weighted by molar-refractivity contribution is 5.90. The third-order valence-electron chi connectivity index (χ3n) is 3.88. The van der Waals surface area contributed by atoms with Gasteiger partial charge in [-0.2, -0.15) is 0 Å². The van der Waals surface area contributed by atoms with Crippen LogP contribution < -0.4 is 15.4 Å². The van der Waals surface area contributed by atoms with Gasteiger partial charge in [0.1, 0.15) is 5.69 Å². The summed E-state index contributed by atoms with van der Waals surface area (Å²) in [5.74, 6) is -0.332. The lowest BCUT2D eigenvalue weighted by Crippen LogP contribution is -2.42. The molecule has 0 bridgehead atoms. The van der Waals surface area contributed by atoms with E-state index in [0.717, 1.165) is 32.8 Å². The lowest BCUT2D eigenvalue weighted by Gasteiger charge is -2.26. The summed E-state index contributed by atoms with van der Waals surface area (Å²) in [7, 11) is 0. The van der Waals surface area contributed by atoms with Gasteiger partial charge in [0.25, 0.3) is 0 Å². The Bertz CT molecular complexity index is 738. The Hall–Kier alpha value is -2.71. The fraction of sp³-hybridized carbons (Fsp3) is 0.333. The summed E-state index contributed by atoms with van der Waals surface area (Å²) in [5.41, 5.74) is 0.361. The van der Waals surface area contributed by atoms with E-state index in [0.29, 0.717) is 12.2 Å². The van der Waals surface area contributed by atoms with Gasteiger partial charge in [-0.3, -0.25) is 4.90 Å². The smallest absolute Gasteiger partial charge is 0.319 e. The largest absolute Gasteiger partial charge is 0.434 e. The molecule has 1 saturated heterocycles. The Labute approximate surface area is 151 Å². The average Bonchev–Trinajstić information content (AvgIpc) is 2.66. The van der Waals surface area contributed by atoms with Gasteiger partial charge in [-0.25, -0.2) is 14.2 Å². The molecule has 0 radical (unpaired) electrons. The van der Waals surface area contributed by atoms with Gasteiger partial charge in [0.2, 0.25) is 5.88 Å². The van der Waals surface area contributed by atoms with E-state index in [2.05, 4.69) is 20.5 Å². The van der Waals surface area contributed by atoms with Gasteiger partial charge in [-0.15, -0.1) is 0 Å². The summed E-state index contributed by atoms with van der Waals surface area (Å²) in [4.78, 5) is 18.4. The van der Waals surface area contributed by atoms with E-state index >= 15 is 0 Å². The molecule has 8 heteroatoms. The number of rotatable bonds is 6. The number of morpholine rings is 1. The minimum atomic E-state index is -0.501. The molecular weight excluding hydrogens is 339 g/mol. The molecule has 3 rings (SSSR count). The first-order valence-electron chi connectivity index (χ1n) is 8.45. The molecule has 1 aliphatic heterocycles. The first-order chi connectivity index (χ1) is 12.7. The molecule has 0 spiro atoms. The molecular formula is C18H21FN4O3. The number of nitrogens with one attached hydrogen (secondary N) is 2. The number of anilines is 1. The lowest BCUT2D eigenvalue weighted by atomic mass is 10.3. The van der Waals surface area contributed by atoms with Crippen LogP contribution in [0.2, 0.25) is 0 Å². The number of aromatic nitrogens is 1. The molecule has 2 N–H and O–H groups in total. The van der Waals surface area contributed by atoms with Crippen LogP contribution in [0.4, 0.5) is 14.9 Å². The molecule has 2 amide bonds. The SMILES string of the molecule is O=C(NCCN1CCOCC1)Nc1cccnc1Oc1ccccc1F. The van der Waals surface area contributed by atoms with Gasteiger partial charge < -0.3 is 20.1 Å². The number of nitrogens with zero attached hydrogens (tertiary/aromatic N) is 2. The Balaban J connectivity index is 1.54. The molecule has 0 unspecified atom stereocenters. The summed E-state index contributed by atoms with van der Waals surface area (Å²) in [6, 6.07) is 8.96. The van der Waals surface area contributed by atoms with E-state index in [-0.39, 0.29) is 17.7 Å². The number of ether oxygens (including phenoxy) is 2. The van der Waals surface area contributed by atoms with Gasteiger partial charge in [0.15, 0.2) is 11.6 Å². The van der Waals surface area contributed by atoms with Crippen LogP contribution in [0.1, 0.15) is 0 Å². The van der Waals surface area contributed by atoms with Crippen LogP contribution in [0.25, 0.3) is 0 Å². The normalized spacial score (nSPS) is 14.7. The molecule has 1 aromatic carbocycles. The summed E-state index contributed by atoms with van der Waals surface area (Å²) >= 11 is 0.